The third-order valence-corrected chi connectivity index (χ3v) is 5.40. The molecular weight excluding hydrogens is 373 g/mol. The molecule has 3 rings (SSSR count). The van der Waals surface area contributed by atoms with Crippen LogP contribution in [0.15, 0.2) is 78.0 Å². The molecule has 5 heteroatoms. The van der Waals surface area contributed by atoms with Gasteiger partial charge in [-0.2, -0.15) is 0 Å². The van der Waals surface area contributed by atoms with Crippen molar-refractivity contribution in [1.82, 2.24) is 0 Å². The first-order valence-corrected chi connectivity index (χ1v) is 9.54. The number of nitrogens with zero attached hydrogens (tertiary/aromatic N) is 1. The van der Waals surface area contributed by atoms with Gasteiger partial charge in [-0.1, -0.05) is 53.5 Å². The van der Waals surface area contributed by atoms with Gasteiger partial charge in [-0.3, -0.25) is 4.79 Å². The first kappa shape index (κ1) is 18.0. The zero-order chi connectivity index (χ0) is 17.6. The molecule has 0 radical (unpaired) electrons. The van der Waals surface area contributed by atoms with Gasteiger partial charge in [-0.05, 0) is 18.2 Å². The van der Waals surface area contributed by atoms with E-state index >= 15 is 0 Å². The van der Waals surface area contributed by atoms with E-state index in [-0.39, 0.29) is 5.78 Å². The number of rotatable bonds is 6. The van der Waals surface area contributed by atoms with Crippen molar-refractivity contribution in [2.75, 3.05) is 5.75 Å². The number of benzene rings is 2. The molecule has 0 saturated carbocycles. The fourth-order valence-corrected chi connectivity index (χ4v) is 3.82. The van der Waals surface area contributed by atoms with Crippen LogP contribution >= 0.6 is 35.0 Å². The highest BCUT2D eigenvalue weighted by Gasteiger charge is 2.11. The number of thioether (sulfide) groups is 1. The second-order valence-electron chi connectivity index (χ2n) is 5.44. The molecule has 0 aliphatic heterocycles. The summed E-state index contributed by atoms with van der Waals surface area (Å²) in [7, 11) is 0. The number of aromatic nitrogens is 1. The smallest absolute Gasteiger partial charge is 0.193 e. The van der Waals surface area contributed by atoms with E-state index in [1.807, 2.05) is 71.6 Å². The standard InChI is InChI=1S/C20H16Cl2NOS/c21-17-6-7-18(22)19(14-17)25-13-12-23-10-8-16(9-11-23)20(24)15-4-2-1-3-5-15/h1-11,14H,12-13H2/q+1. The molecule has 2 aromatic carbocycles. The van der Waals surface area contributed by atoms with E-state index < -0.39 is 0 Å². The normalized spacial score (nSPS) is 10.6. The Hall–Kier alpha value is -1.81. The lowest BCUT2D eigenvalue weighted by atomic mass is 10.0. The second kappa shape index (κ2) is 8.52. The summed E-state index contributed by atoms with van der Waals surface area (Å²) < 4.78 is 2.05. The van der Waals surface area contributed by atoms with Crippen molar-refractivity contribution in [2.45, 2.75) is 11.4 Å². The van der Waals surface area contributed by atoms with Crippen LogP contribution < -0.4 is 4.57 Å². The van der Waals surface area contributed by atoms with Crippen molar-refractivity contribution in [1.29, 1.82) is 0 Å². The van der Waals surface area contributed by atoms with E-state index in [4.69, 9.17) is 23.2 Å². The largest absolute Gasteiger partial charge is 0.289 e. The minimum absolute atomic E-state index is 0.0350. The SMILES string of the molecule is O=C(c1ccccc1)c1cc[n+](CCSc2cc(Cl)ccc2Cl)cc1. The summed E-state index contributed by atoms with van der Waals surface area (Å²) in [5, 5.41) is 1.39. The summed E-state index contributed by atoms with van der Waals surface area (Å²) in [5.41, 5.74) is 1.39. The molecule has 25 heavy (non-hydrogen) atoms. The highest BCUT2D eigenvalue weighted by Crippen LogP contribution is 2.29. The van der Waals surface area contributed by atoms with Crippen LogP contribution in [0.25, 0.3) is 0 Å². The molecule has 0 amide bonds. The predicted molar refractivity (Wildman–Crippen MR) is 104 cm³/mol. The molecule has 2 nitrogen and oxygen atoms in total. The first-order chi connectivity index (χ1) is 12.1. The van der Waals surface area contributed by atoms with Crippen molar-refractivity contribution < 1.29 is 9.36 Å². The number of carbonyl (C=O) groups is 1. The van der Waals surface area contributed by atoms with Crippen molar-refractivity contribution >= 4 is 40.7 Å². The zero-order valence-electron chi connectivity index (χ0n) is 13.4. The Morgan fingerprint density at radius 1 is 0.920 bits per heavy atom. The van der Waals surface area contributed by atoms with Gasteiger partial charge in [0.1, 0.15) is 0 Å². The minimum Gasteiger partial charge on any atom is -0.289 e. The average molecular weight is 389 g/mol. The lowest BCUT2D eigenvalue weighted by Gasteiger charge is -2.04. The van der Waals surface area contributed by atoms with Crippen LogP contribution in [0.3, 0.4) is 0 Å². The van der Waals surface area contributed by atoms with Crippen LogP contribution in [0, 0.1) is 0 Å². The Labute approximate surface area is 161 Å². The summed E-state index contributed by atoms with van der Waals surface area (Å²) in [6.45, 7) is 0.813. The Kier molecular flexibility index (Phi) is 6.14. The third-order valence-electron chi connectivity index (χ3n) is 3.69. The predicted octanol–water partition coefficient (Wildman–Crippen LogP) is 5.30. The van der Waals surface area contributed by atoms with Crippen LogP contribution in [-0.2, 0) is 6.54 Å². The van der Waals surface area contributed by atoms with Gasteiger partial charge in [-0.15, -0.1) is 11.8 Å². The van der Waals surface area contributed by atoms with Crippen LogP contribution in [-0.4, -0.2) is 11.5 Å². The Morgan fingerprint density at radius 3 is 2.32 bits per heavy atom. The van der Waals surface area contributed by atoms with Crippen LogP contribution in [0.1, 0.15) is 15.9 Å². The Morgan fingerprint density at radius 2 is 1.60 bits per heavy atom. The molecule has 3 aromatic rings. The molecule has 0 bridgehead atoms. The van der Waals surface area contributed by atoms with E-state index in [9.17, 15) is 4.79 Å². The van der Waals surface area contributed by atoms with Crippen LogP contribution in [0.4, 0.5) is 0 Å². The lowest BCUT2D eigenvalue weighted by molar-refractivity contribution is -0.692. The molecule has 0 atom stereocenters. The van der Waals surface area contributed by atoms with Crippen LogP contribution in [0.5, 0.6) is 0 Å². The maximum Gasteiger partial charge on any atom is 0.193 e. The monoisotopic (exact) mass is 388 g/mol. The summed E-state index contributed by atoms with van der Waals surface area (Å²) in [4.78, 5) is 13.4. The van der Waals surface area contributed by atoms with Crippen molar-refractivity contribution in [2.24, 2.45) is 0 Å². The van der Waals surface area contributed by atoms with Gasteiger partial charge in [0.15, 0.2) is 24.7 Å². The van der Waals surface area contributed by atoms with Crippen molar-refractivity contribution in [3.63, 3.8) is 0 Å². The molecule has 0 fully saturated rings. The van der Waals surface area contributed by atoms with E-state index in [1.165, 1.54) is 0 Å². The quantitative estimate of drug-likeness (QED) is 0.324. The molecular formula is C20H16Cl2NOS+. The minimum atomic E-state index is 0.0350. The van der Waals surface area contributed by atoms with Gasteiger partial charge in [-0.25, -0.2) is 4.57 Å². The summed E-state index contributed by atoms with van der Waals surface area (Å²) in [6, 6.07) is 18.5. The van der Waals surface area contributed by atoms with E-state index in [2.05, 4.69) is 0 Å². The second-order valence-corrected chi connectivity index (χ2v) is 7.42. The van der Waals surface area contributed by atoms with Crippen LogP contribution in [0.2, 0.25) is 10.0 Å². The molecule has 0 aliphatic rings. The molecule has 0 spiro atoms. The van der Waals surface area contributed by atoms with Crippen molar-refractivity contribution in [3.05, 3.63) is 94.2 Å². The van der Waals surface area contributed by atoms with E-state index in [1.54, 1.807) is 17.8 Å². The van der Waals surface area contributed by atoms with Gasteiger partial charge in [0.2, 0.25) is 0 Å². The number of hydrogen-bond acceptors (Lipinski definition) is 2. The molecule has 0 N–H and O–H groups in total. The molecule has 126 valence electrons. The Bertz CT molecular complexity index is 867. The first-order valence-electron chi connectivity index (χ1n) is 7.80. The summed E-state index contributed by atoms with van der Waals surface area (Å²) in [5.74, 6) is 0.893. The number of ketones is 1. The maximum absolute atomic E-state index is 12.4. The maximum atomic E-state index is 12.4. The molecule has 1 aromatic heterocycles. The van der Waals surface area contributed by atoms with Crippen molar-refractivity contribution in [3.8, 4) is 0 Å². The van der Waals surface area contributed by atoms with E-state index in [0.29, 0.717) is 21.2 Å². The van der Waals surface area contributed by atoms with Gasteiger partial charge in [0, 0.05) is 33.2 Å². The summed E-state index contributed by atoms with van der Waals surface area (Å²) in [6.07, 6.45) is 3.85. The zero-order valence-corrected chi connectivity index (χ0v) is 15.7. The molecule has 0 aliphatic carbocycles. The topological polar surface area (TPSA) is 20.9 Å². The number of halogens is 2. The number of hydrogen-bond donors (Lipinski definition) is 0. The van der Waals surface area contributed by atoms with Gasteiger partial charge >= 0.3 is 0 Å². The molecule has 0 saturated heterocycles. The van der Waals surface area contributed by atoms with Gasteiger partial charge in [0.05, 0.1) is 10.8 Å². The number of carbonyl (C=O) groups excluding carboxylic acids is 1. The Balaban J connectivity index is 1.59. The highest BCUT2D eigenvalue weighted by molar-refractivity contribution is 7.99. The summed E-state index contributed by atoms with van der Waals surface area (Å²) >= 11 is 13.8. The third kappa shape index (κ3) is 4.85. The fourth-order valence-electron chi connectivity index (χ4n) is 2.36. The van der Waals surface area contributed by atoms with E-state index in [0.717, 1.165) is 17.2 Å². The fraction of sp³-hybridized carbons (Fsp3) is 0.100. The van der Waals surface area contributed by atoms with Gasteiger partial charge in [0.25, 0.3) is 0 Å². The number of aryl methyl sites for hydroxylation is 1. The average Bonchev–Trinajstić information content (AvgIpc) is 2.65. The highest BCUT2D eigenvalue weighted by atomic mass is 35.5. The lowest BCUT2D eigenvalue weighted by Crippen LogP contribution is -2.34. The van der Waals surface area contributed by atoms with Gasteiger partial charge < -0.3 is 0 Å². The molecule has 0 unspecified atom stereocenters. The number of pyridine rings is 1. The molecule has 1 heterocycles.